The van der Waals surface area contributed by atoms with Crippen molar-refractivity contribution in [1.82, 2.24) is 9.78 Å². The molecule has 1 aliphatic rings. The lowest BCUT2D eigenvalue weighted by atomic mass is 9.92. The number of fused-ring (bicyclic) bond motifs is 1. The van der Waals surface area contributed by atoms with Gasteiger partial charge >= 0.3 is 5.97 Å². The first-order chi connectivity index (χ1) is 7.09. The van der Waals surface area contributed by atoms with Gasteiger partial charge in [0.15, 0.2) is 0 Å². The maximum absolute atomic E-state index is 10.6. The van der Waals surface area contributed by atoms with Crippen molar-refractivity contribution in [2.75, 3.05) is 0 Å². The van der Waals surface area contributed by atoms with Gasteiger partial charge in [-0.1, -0.05) is 0 Å². The first-order valence-corrected chi connectivity index (χ1v) is 5.04. The van der Waals surface area contributed by atoms with Gasteiger partial charge in [-0.25, -0.2) is 0 Å². The second-order valence-electron chi connectivity index (χ2n) is 3.91. The Labute approximate surface area is 87.3 Å². The number of nitrogens with zero attached hydrogens (tertiary/aromatic N) is 2. The molecule has 1 aliphatic carbocycles. The highest BCUT2D eigenvalue weighted by atomic mass is 16.4. The van der Waals surface area contributed by atoms with Crippen molar-refractivity contribution in [3.63, 3.8) is 0 Å². The van der Waals surface area contributed by atoms with Gasteiger partial charge in [0, 0.05) is 18.3 Å². The number of carbonyl (C=O) groups is 1. The van der Waals surface area contributed by atoms with Gasteiger partial charge in [0.05, 0.1) is 18.2 Å². The molecule has 0 saturated carbocycles. The topological polar surface area (TPSA) is 75.4 Å². The molecule has 0 amide bonds. The number of aliphatic hydroxyl groups excluding tert-OH is 1. The van der Waals surface area contributed by atoms with Crippen molar-refractivity contribution in [2.24, 2.45) is 7.05 Å². The fourth-order valence-corrected chi connectivity index (χ4v) is 2.20. The largest absolute Gasteiger partial charge is 0.481 e. The summed E-state index contributed by atoms with van der Waals surface area (Å²) in [5.41, 5.74) is 2.23. The average Bonchev–Trinajstić information content (AvgIpc) is 2.44. The monoisotopic (exact) mass is 210 g/mol. The van der Waals surface area contributed by atoms with Crippen LogP contribution in [-0.2, 0) is 24.7 Å². The van der Waals surface area contributed by atoms with Gasteiger partial charge in [0.1, 0.15) is 0 Å². The highest BCUT2D eigenvalue weighted by Gasteiger charge is 2.26. The molecule has 2 N–H and O–H groups in total. The molecule has 0 saturated heterocycles. The molecule has 1 aromatic rings. The summed E-state index contributed by atoms with van der Waals surface area (Å²) < 4.78 is 1.69. The van der Waals surface area contributed by atoms with Crippen molar-refractivity contribution in [3.05, 3.63) is 17.0 Å². The molecule has 0 bridgehead atoms. The maximum Gasteiger partial charge on any atom is 0.309 e. The lowest BCUT2D eigenvalue weighted by Crippen LogP contribution is -2.12. The molecule has 1 unspecified atom stereocenters. The molecule has 5 nitrogen and oxygen atoms in total. The van der Waals surface area contributed by atoms with E-state index in [4.69, 9.17) is 5.11 Å². The molecular formula is C10H14N2O3. The van der Waals surface area contributed by atoms with Crippen LogP contribution in [0.1, 0.15) is 35.9 Å². The smallest absolute Gasteiger partial charge is 0.309 e. The second-order valence-corrected chi connectivity index (χ2v) is 3.91. The van der Waals surface area contributed by atoms with Crippen molar-refractivity contribution in [2.45, 2.75) is 31.8 Å². The Kier molecular flexibility index (Phi) is 2.48. The van der Waals surface area contributed by atoms with Crippen LogP contribution in [-0.4, -0.2) is 26.0 Å². The minimum Gasteiger partial charge on any atom is -0.481 e. The van der Waals surface area contributed by atoms with E-state index in [2.05, 4.69) is 5.10 Å². The fraction of sp³-hybridized carbons (Fsp3) is 0.600. The van der Waals surface area contributed by atoms with Crippen molar-refractivity contribution in [3.8, 4) is 0 Å². The van der Waals surface area contributed by atoms with Gasteiger partial charge in [-0.15, -0.1) is 0 Å². The summed E-state index contributed by atoms with van der Waals surface area (Å²) in [6.07, 6.45) is 1.85. The molecule has 0 spiro atoms. The summed E-state index contributed by atoms with van der Waals surface area (Å²) >= 11 is 0. The van der Waals surface area contributed by atoms with Crippen LogP contribution in [0, 0.1) is 0 Å². The highest BCUT2D eigenvalue weighted by Crippen LogP contribution is 2.31. The van der Waals surface area contributed by atoms with Crippen LogP contribution in [0.4, 0.5) is 0 Å². The van der Waals surface area contributed by atoms with E-state index < -0.39 is 12.1 Å². The summed E-state index contributed by atoms with van der Waals surface area (Å²) in [6.45, 7) is 0. The van der Waals surface area contributed by atoms with Gasteiger partial charge in [-0.2, -0.15) is 5.10 Å². The zero-order chi connectivity index (χ0) is 11.0. The number of carboxylic acids is 1. The Morgan fingerprint density at radius 1 is 1.67 bits per heavy atom. The summed E-state index contributed by atoms with van der Waals surface area (Å²) in [5, 5.41) is 22.7. The van der Waals surface area contributed by atoms with Gasteiger partial charge in [0.25, 0.3) is 0 Å². The number of aliphatic carboxylic acids is 1. The summed E-state index contributed by atoms with van der Waals surface area (Å²) in [6, 6.07) is 0. The predicted molar refractivity (Wildman–Crippen MR) is 52.4 cm³/mol. The quantitative estimate of drug-likeness (QED) is 0.741. The standard InChI is InChI=1S/C10H14N2O3/c1-12-7-3-2-4-8(13)10(7)6(11-12)5-9(14)15/h8,13H,2-5H2,1H3,(H,14,15). The minimum absolute atomic E-state index is 0.111. The third-order valence-corrected chi connectivity index (χ3v) is 2.83. The second kappa shape index (κ2) is 3.66. The van der Waals surface area contributed by atoms with Gasteiger partial charge < -0.3 is 10.2 Å². The van der Waals surface area contributed by atoms with Gasteiger partial charge in [0.2, 0.25) is 0 Å². The lowest BCUT2D eigenvalue weighted by molar-refractivity contribution is -0.136. The van der Waals surface area contributed by atoms with E-state index in [-0.39, 0.29) is 6.42 Å². The molecule has 0 aliphatic heterocycles. The molecule has 0 aromatic carbocycles. The van der Waals surface area contributed by atoms with E-state index in [1.54, 1.807) is 11.7 Å². The van der Waals surface area contributed by atoms with Crippen LogP contribution in [0.15, 0.2) is 0 Å². The zero-order valence-corrected chi connectivity index (χ0v) is 8.60. The molecule has 0 radical (unpaired) electrons. The third kappa shape index (κ3) is 1.74. The molecule has 15 heavy (non-hydrogen) atoms. The molecule has 5 heteroatoms. The number of hydrogen-bond acceptors (Lipinski definition) is 3. The average molecular weight is 210 g/mol. The lowest BCUT2D eigenvalue weighted by Gasteiger charge is -2.18. The zero-order valence-electron chi connectivity index (χ0n) is 8.60. The number of hydrogen-bond donors (Lipinski definition) is 2. The van der Waals surface area contributed by atoms with E-state index in [9.17, 15) is 9.90 Å². The van der Waals surface area contributed by atoms with E-state index in [0.717, 1.165) is 24.1 Å². The molecule has 1 atom stereocenters. The first kappa shape index (κ1) is 10.2. The van der Waals surface area contributed by atoms with Crippen molar-refractivity contribution >= 4 is 5.97 Å². The van der Waals surface area contributed by atoms with Crippen LogP contribution < -0.4 is 0 Å². The van der Waals surface area contributed by atoms with Crippen molar-refractivity contribution in [1.29, 1.82) is 0 Å². The summed E-state index contributed by atoms with van der Waals surface area (Å²) in [5.74, 6) is -0.909. The van der Waals surface area contributed by atoms with Crippen molar-refractivity contribution < 1.29 is 15.0 Å². The Balaban J connectivity index is 2.43. The molecule has 1 heterocycles. The molecule has 0 fully saturated rings. The Morgan fingerprint density at radius 3 is 3.07 bits per heavy atom. The molecule has 82 valence electrons. The van der Waals surface area contributed by atoms with Crippen LogP contribution in [0.3, 0.4) is 0 Å². The highest BCUT2D eigenvalue weighted by molar-refractivity contribution is 5.70. The van der Waals surface area contributed by atoms with Crippen LogP contribution >= 0.6 is 0 Å². The minimum atomic E-state index is -0.909. The van der Waals surface area contributed by atoms with Gasteiger partial charge in [-0.05, 0) is 19.3 Å². The third-order valence-electron chi connectivity index (χ3n) is 2.83. The molecule has 1 aromatic heterocycles. The maximum atomic E-state index is 10.6. The number of aromatic nitrogens is 2. The number of rotatable bonds is 2. The number of carboxylic acid groups (broad SMARTS) is 1. The van der Waals surface area contributed by atoms with E-state index in [1.165, 1.54) is 0 Å². The normalized spacial score (nSPS) is 20.0. The summed E-state index contributed by atoms with van der Waals surface area (Å²) in [7, 11) is 1.79. The Hall–Kier alpha value is -1.36. The van der Waals surface area contributed by atoms with Crippen LogP contribution in [0.25, 0.3) is 0 Å². The van der Waals surface area contributed by atoms with Gasteiger partial charge in [-0.3, -0.25) is 9.48 Å². The molecular weight excluding hydrogens is 196 g/mol. The van der Waals surface area contributed by atoms with Crippen LogP contribution in [0.2, 0.25) is 0 Å². The van der Waals surface area contributed by atoms with E-state index >= 15 is 0 Å². The van der Waals surface area contributed by atoms with E-state index in [0.29, 0.717) is 12.1 Å². The number of aryl methyl sites for hydroxylation is 1. The first-order valence-electron chi connectivity index (χ1n) is 5.04. The van der Waals surface area contributed by atoms with Crippen LogP contribution in [0.5, 0.6) is 0 Å². The fourth-order valence-electron chi connectivity index (χ4n) is 2.20. The SMILES string of the molecule is Cn1nc(CC(=O)O)c2c1CCCC2O. The Morgan fingerprint density at radius 2 is 2.40 bits per heavy atom. The molecule has 2 rings (SSSR count). The Bertz CT molecular complexity index is 398. The summed E-state index contributed by atoms with van der Waals surface area (Å²) in [4.78, 5) is 10.6. The predicted octanol–water partition coefficient (Wildman–Crippen LogP) is 0.417. The number of aliphatic hydroxyl groups is 1. The van der Waals surface area contributed by atoms with E-state index in [1.807, 2.05) is 0 Å².